The lowest BCUT2D eigenvalue weighted by atomic mass is 10.2. The van der Waals surface area contributed by atoms with Crippen LogP contribution in [0.1, 0.15) is 21.7 Å². The lowest BCUT2D eigenvalue weighted by Gasteiger charge is -2.11. The fourth-order valence-electron chi connectivity index (χ4n) is 3.15. The number of furan rings is 1. The molecule has 0 unspecified atom stereocenters. The Labute approximate surface area is 188 Å². The van der Waals surface area contributed by atoms with Crippen molar-refractivity contribution in [1.29, 1.82) is 0 Å². The van der Waals surface area contributed by atoms with Crippen LogP contribution in [0.5, 0.6) is 17.2 Å². The number of halogens is 1. The quantitative estimate of drug-likeness (QED) is 0.211. The molecule has 0 amide bonds. The molecule has 0 aliphatic heterocycles. The van der Waals surface area contributed by atoms with Crippen LogP contribution in [0, 0.1) is 0 Å². The summed E-state index contributed by atoms with van der Waals surface area (Å²) in [6, 6.07) is 23.0. The Kier molecular flexibility index (Phi) is 6.57. The molecule has 158 valence electrons. The number of fused-ring (bicyclic) bond motifs is 1. The van der Waals surface area contributed by atoms with Gasteiger partial charge in [-0.05, 0) is 29.3 Å². The van der Waals surface area contributed by atoms with Gasteiger partial charge in [-0.2, -0.15) is 0 Å². The van der Waals surface area contributed by atoms with Gasteiger partial charge in [-0.1, -0.05) is 58.4 Å². The molecular formula is C25H21BrO5. The van der Waals surface area contributed by atoms with Gasteiger partial charge in [-0.25, -0.2) is 0 Å². The largest absolute Gasteiger partial charge is 0.496 e. The third-order valence-electron chi connectivity index (χ3n) is 4.75. The van der Waals surface area contributed by atoms with Gasteiger partial charge in [0.25, 0.3) is 0 Å². The molecule has 4 rings (SSSR count). The van der Waals surface area contributed by atoms with Crippen molar-refractivity contribution in [2.24, 2.45) is 0 Å². The van der Waals surface area contributed by atoms with Gasteiger partial charge >= 0.3 is 0 Å². The molecule has 0 radical (unpaired) electrons. The molecule has 0 bridgehead atoms. The summed E-state index contributed by atoms with van der Waals surface area (Å²) in [7, 11) is 1.58. The highest BCUT2D eigenvalue weighted by Gasteiger charge is 2.16. The van der Waals surface area contributed by atoms with Crippen LogP contribution >= 0.6 is 15.9 Å². The van der Waals surface area contributed by atoms with Gasteiger partial charge in [0.1, 0.15) is 36.0 Å². The summed E-state index contributed by atoms with van der Waals surface area (Å²) < 4.78 is 23.0. The minimum Gasteiger partial charge on any atom is -0.496 e. The van der Waals surface area contributed by atoms with E-state index in [0.29, 0.717) is 30.3 Å². The molecule has 5 nitrogen and oxygen atoms in total. The number of benzene rings is 3. The number of ether oxygens (including phenoxy) is 3. The van der Waals surface area contributed by atoms with Crippen molar-refractivity contribution < 1.29 is 23.4 Å². The molecule has 0 atom stereocenters. The highest BCUT2D eigenvalue weighted by Crippen LogP contribution is 2.34. The maximum absolute atomic E-state index is 12.0. The van der Waals surface area contributed by atoms with Gasteiger partial charge in [-0.15, -0.1) is 0 Å². The molecule has 0 aliphatic carbocycles. The highest BCUT2D eigenvalue weighted by molar-refractivity contribution is 9.09. The minimum atomic E-state index is -0.135. The normalized spacial score (nSPS) is 10.8. The van der Waals surface area contributed by atoms with Gasteiger partial charge < -0.3 is 18.6 Å². The Morgan fingerprint density at radius 3 is 2.42 bits per heavy atom. The summed E-state index contributed by atoms with van der Waals surface area (Å²) in [6.07, 6.45) is 0. The van der Waals surface area contributed by atoms with E-state index in [0.717, 1.165) is 22.3 Å². The van der Waals surface area contributed by atoms with Crippen molar-refractivity contribution in [3.8, 4) is 17.2 Å². The fourth-order valence-corrected chi connectivity index (χ4v) is 3.43. The second kappa shape index (κ2) is 9.71. The molecule has 0 fully saturated rings. The first-order chi connectivity index (χ1) is 15.2. The molecule has 1 heterocycles. The van der Waals surface area contributed by atoms with Crippen molar-refractivity contribution in [3.05, 3.63) is 89.7 Å². The predicted octanol–water partition coefficient (Wildman–Crippen LogP) is 6.18. The van der Waals surface area contributed by atoms with Crippen LogP contribution in [-0.2, 0) is 13.2 Å². The average molecular weight is 481 g/mol. The Bertz CT molecular complexity index is 1180. The molecule has 1 aromatic heterocycles. The van der Waals surface area contributed by atoms with Crippen molar-refractivity contribution in [3.63, 3.8) is 0 Å². The topological polar surface area (TPSA) is 57.9 Å². The number of hydrogen-bond acceptors (Lipinski definition) is 5. The first-order valence-electron chi connectivity index (χ1n) is 9.75. The summed E-state index contributed by atoms with van der Waals surface area (Å²) in [5, 5.41) is 0.914. The number of alkyl halides is 1. The Morgan fingerprint density at radius 1 is 0.871 bits per heavy atom. The third kappa shape index (κ3) is 5.09. The molecule has 0 saturated carbocycles. The maximum atomic E-state index is 12.0. The maximum Gasteiger partial charge on any atom is 0.208 e. The SMILES string of the molecule is COc1cc(OCc2cccc(OCc3ccccc3)c2)c2cc(C(=O)CBr)oc2c1. The molecule has 0 aliphatic rings. The molecule has 0 spiro atoms. The van der Waals surface area contributed by atoms with E-state index < -0.39 is 0 Å². The number of ketones is 1. The molecule has 3 aromatic carbocycles. The van der Waals surface area contributed by atoms with Gasteiger partial charge in [0.15, 0.2) is 5.76 Å². The summed E-state index contributed by atoms with van der Waals surface area (Å²) in [4.78, 5) is 12.0. The predicted molar refractivity (Wildman–Crippen MR) is 122 cm³/mol. The van der Waals surface area contributed by atoms with Crippen LogP contribution in [0.25, 0.3) is 11.0 Å². The van der Waals surface area contributed by atoms with Crippen molar-refractivity contribution in [2.45, 2.75) is 13.2 Å². The monoisotopic (exact) mass is 480 g/mol. The van der Waals surface area contributed by atoms with Crippen molar-refractivity contribution in [2.75, 3.05) is 12.4 Å². The number of rotatable bonds is 9. The van der Waals surface area contributed by atoms with Crippen LogP contribution in [0.4, 0.5) is 0 Å². The van der Waals surface area contributed by atoms with E-state index in [1.807, 2.05) is 54.6 Å². The fraction of sp³-hybridized carbons (Fsp3) is 0.160. The van der Waals surface area contributed by atoms with Crippen molar-refractivity contribution >= 4 is 32.7 Å². The number of carbonyl (C=O) groups is 1. The lowest BCUT2D eigenvalue weighted by Crippen LogP contribution is -1.99. The van der Waals surface area contributed by atoms with E-state index in [2.05, 4.69) is 15.9 Å². The second-order valence-corrected chi connectivity index (χ2v) is 7.48. The summed E-state index contributed by atoms with van der Waals surface area (Å²) in [5.74, 6) is 2.09. The number of methoxy groups -OCH3 is 1. The zero-order chi connectivity index (χ0) is 21.6. The smallest absolute Gasteiger partial charge is 0.208 e. The third-order valence-corrected chi connectivity index (χ3v) is 5.26. The van der Waals surface area contributed by atoms with Gasteiger partial charge in [-0.3, -0.25) is 4.79 Å². The van der Waals surface area contributed by atoms with Gasteiger partial charge in [0.05, 0.1) is 17.8 Å². The first-order valence-corrected chi connectivity index (χ1v) is 10.9. The summed E-state index contributed by atoms with van der Waals surface area (Å²) in [6.45, 7) is 0.832. The molecule has 6 heteroatoms. The minimum absolute atomic E-state index is 0.135. The van der Waals surface area contributed by atoms with E-state index in [1.165, 1.54) is 0 Å². The summed E-state index contributed by atoms with van der Waals surface area (Å²) >= 11 is 3.17. The molecule has 31 heavy (non-hydrogen) atoms. The van der Waals surface area contributed by atoms with Gasteiger partial charge in [0.2, 0.25) is 5.78 Å². The van der Waals surface area contributed by atoms with E-state index in [4.69, 9.17) is 18.6 Å². The number of Topliss-reactive ketones (excluding diaryl/α,β-unsaturated/α-hetero) is 1. The summed E-state index contributed by atoms with van der Waals surface area (Å²) in [5.41, 5.74) is 2.61. The van der Waals surface area contributed by atoms with E-state index >= 15 is 0 Å². The molecular weight excluding hydrogens is 460 g/mol. The zero-order valence-electron chi connectivity index (χ0n) is 17.0. The first kappa shape index (κ1) is 21.0. The average Bonchev–Trinajstić information content (AvgIpc) is 3.26. The van der Waals surface area contributed by atoms with Gasteiger partial charge in [0, 0.05) is 12.1 Å². The standard InChI is InChI=1S/C25H21BrO5/c1-28-20-11-23(21-13-25(22(27)14-26)31-24(21)12-20)30-16-18-8-5-9-19(10-18)29-15-17-6-3-2-4-7-17/h2-13H,14-16H2,1H3. The lowest BCUT2D eigenvalue weighted by molar-refractivity contribution is 0.0995. The van der Waals surface area contributed by atoms with Crippen LogP contribution < -0.4 is 14.2 Å². The molecule has 4 aromatic rings. The van der Waals surface area contributed by atoms with E-state index in [-0.39, 0.29) is 16.9 Å². The highest BCUT2D eigenvalue weighted by atomic mass is 79.9. The number of carbonyl (C=O) groups excluding carboxylic acids is 1. The number of hydrogen-bond donors (Lipinski definition) is 0. The van der Waals surface area contributed by atoms with E-state index in [1.54, 1.807) is 25.3 Å². The second-order valence-electron chi connectivity index (χ2n) is 6.92. The molecule has 0 N–H and O–H groups in total. The van der Waals surface area contributed by atoms with Crippen LogP contribution in [-0.4, -0.2) is 18.2 Å². The van der Waals surface area contributed by atoms with Crippen LogP contribution in [0.2, 0.25) is 0 Å². The Hall–Kier alpha value is -3.25. The Morgan fingerprint density at radius 2 is 1.65 bits per heavy atom. The van der Waals surface area contributed by atoms with Crippen LogP contribution in [0.15, 0.2) is 77.2 Å². The Balaban J connectivity index is 1.50. The zero-order valence-corrected chi connectivity index (χ0v) is 18.6. The van der Waals surface area contributed by atoms with Crippen LogP contribution in [0.3, 0.4) is 0 Å². The van der Waals surface area contributed by atoms with Crippen molar-refractivity contribution in [1.82, 2.24) is 0 Å². The van der Waals surface area contributed by atoms with E-state index in [9.17, 15) is 4.79 Å². The molecule has 0 saturated heterocycles.